The molecule has 0 aliphatic carbocycles. The highest BCUT2D eigenvalue weighted by molar-refractivity contribution is 6.10. The number of likely N-dealkylation sites (N-methyl/N-ethyl adjacent to an activating group) is 2. The molecule has 6 heterocycles. The first-order chi connectivity index (χ1) is 43.3. The van der Waals surface area contributed by atoms with Crippen molar-refractivity contribution in [2.24, 2.45) is 0 Å². The maximum atomic E-state index is 13.3. The zero-order valence-corrected chi connectivity index (χ0v) is 49.4. The van der Waals surface area contributed by atoms with Gasteiger partial charge in [-0.1, -0.05) is 43.8 Å². The number of para-hydroxylation sites is 6. The zero-order chi connectivity index (χ0) is 62.4. The third kappa shape index (κ3) is 15.0. The minimum absolute atomic E-state index is 0. The summed E-state index contributed by atoms with van der Waals surface area (Å²) in [5.41, 5.74) is 6.82. The van der Waals surface area contributed by atoms with Crippen molar-refractivity contribution in [2.75, 3.05) is 109 Å². The molecule has 0 saturated heterocycles. The number of nitrogens with one attached hydrogen (secondary N) is 1. The molecule has 0 fully saturated rings. The Morgan fingerprint density at radius 1 is 0.500 bits per heavy atom. The number of benzene rings is 6. The van der Waals surface area contributed by atoms with Crippen LogP contribution in [-0.2, 0) is 19.1 Å². The summed E-state index contributed by atoms with van der Waals surface area (Å²) in [6, 6.07) is 43.8. The Labute approximate surface area is 520 Å². The number of pyridine rings is 1. The number of rotatable bonds is 15. The summed E-state index contributed by atoms with van der Waals surface area (Å²) in [5, 5.41) is 8.68. The summed E-state index contributed by atoms with van der Waals surface area (Å²) >= 11 is 0. The highest BCUT2D eigenvalue weighted by Crippen LogP contribution is 2.40. The first kappa shape index (κ1) is 63.9. The molecule has 0 atom stereocenters. The molecule has 90 heavy (non-hydrogen) atoms. The van der Waals surface area contributed by atoms with E-state index >= 15 is 0 Å². The fraction of sp³-hybridized carbons (Fsp3) is 0.250. The van der Waals surface area contributed by atoms with Gasteiger partial charge in [0.2, 0.25) is 0 Å². The van der Waals surface area contributed by atoms with Crippen molar-refractivity contribution in [3.8, 4) is 40.2 Å². The molecule has 7 aromatic rings. The van der Waals surface area contributed by atoms with Crippen LogP contribution in [0.5, 0.6) is 40.2 Å². The lowest BCUT2D eigenvalue weighted by atomic mass is 10.1. The molecule has 22 nitrogen and oxygen atoms in total. The van der Waals surface area contributed by atoms with Gasteiger partial charge in [0.1, 0.15) is 48.6 Å². The van der Waals surface area contributed by atoms with Gasteiger partial charge in [-0.15, -0.1) is 0 Å². The van der Waals surface area contributed by atoms with E-state index < -0.39 is 17.8 Å². The highest BCUT2D eigenvalue weighted by atomic mass is 16.5. The van der Waals surface area contributed by atoms with Crippen LogP contribution in [0.1, 0.15) is 61.7 Å². The van der Waals surface area contributed by atoms with Gasteiger partial charge in [0.15, 0.2) is 23.0 Å². The van der Waals surface area contributed by atoms with E-state index in [1.54, 1.807) is 105 Å². The van der Waals surface area contributed by atoms with E-state index in [9.17, 15) is 28.8 Å². The quantitative estimate of drug-likeness (QED) is 0.0552. The second kappa shape index (κ2) is 29.9. The third-order valence-corrected chi connectivity index (χ3v) is 14.9. The van der Waals surface area contributed by atoms with Gasteiger partial charge in [-0.05, 0) is 142 Å². The molecule has 5 aliphatic rings. The van der Waals surface area contributed by atoms with Crippen molar-refractivity contribution in [1.29, 1.82) is 0 Å². The first-order valence-corrected chi connectivity index (χ1v) is 28.6. The predicted molar refractivity (Wildman–Crippen MR) is 334 cm³/mol. The maximum Gasteiger partial charge on any atom is 0.337 e. The number of nitrogens with zero attached hydrogens (tertiary/aromatic N) is 6. The number of carbonyl (C=O) groups is 6. The minimum Gasteiger partial charge on any atom is -0.492 e. The molecule has 1 aromatic heterocycles. The van der Waals surface area contributed by atoms with Crippen molar-refractivity contribution >= 4 is 52.6 Å². The molecule has 2 N–H and O–H groups in total. The van der Waals surface area contributed by atoms with E-state index in [0.717, 1.165) is 35.8 Å². The standard InChI is InChI=1S/C23H24N2O5.C22H23N3O5.C22H18N2O5.CH4/c1-24-12-11-18-21(15-24)30-20-6-4-3-5-19(20)25(22(18)26)13-14-29-17-9-7-16(8-10-17)23(27)28-2;1-24-11-10-17-20(14-24)30-19-5-3-2-4-18(19)25(22(17)27)12-13-29-16-8-6-15(7-9-16)21(26)23-28;1-27-22(26)15-6-8-16(9-7-15)28-13-12-24-18-4-2-3-5-19(18)29-20-14-23-11-10-17(20)21(24)25;/h3-10H,11-15H2,1-2H3;2-9,28H,10-14H2,1H3,(H,23,26);2-11,14H,12-13H2,1H3;1H4. The molecular formula is C68H69N7O15. The van der Waals surface area contributed by atoms with Crippen LogP contribution in [0.2, 0.25) is 0 Å². The van der Waals surface area contributed by atoms with Gasteiger partial charge < -0.3 is 52.6 Å². The van der Waals surface area contributed by atoms with Crippen LogP contribution < -0.4 is 48.6 Å². The van der Waals surface area contributed by atoms with Crippen molar-refractivity contribution in [3.63, 3.8) is 0 Å². The van der Waals surface area contributed by atoms with Crippen LogP contribution in [0.25, 0.3) is 0 Å². The maximum absolute atomic E-state index is 13.3. The summed E-state index contributed by atoms with van der Waals surface area (Å²) in [6.45, 7) is 4.74. The number of hydrogen-bond acceptors (Lipinski definition) is 18. The number of hydrogen-bond donors (Lipinski definition) is 2. The van der Waals surface area contributed by atoms with Gasteiger partial charge in [-0.25, -0.2) is 15.1 Å². The van der Waals surface area contributed by atoms with Crippen molar-refractivity contribution < 1.29 is 71.9 Å². The average Bonchev–Trinajstić information content (AvgIpc) is 1.85. The number of methoxy groups -OCH3 is 2. The molecule has 0 radical (unpaired) electrons. The normalized spacial score (nSPS) is 14.9. The van der Waals surface area contributed by atoms with Gasteiger partial charge in [-0.2, -0.15) is 0 Å². The lowest BCUT2D eigenvalue weighted by Gasteiger charge is -2.26. The molecule has 5 aliphatic heterocycles. The summed E-state index contributed by atoms with van der Waals surface area (Å²) in [4.78, 5) is 87.5. The fourth-order valence-corrected chi connectivity index (χ4v) is 10.3. The van der Waals surface area contributed by atoms with E-state index in [2.05, 4.69) is 19.5 Å². The molecule has 12 rings (SSSR count). The fourth-order valence-electron chi connectivity index (χ4n) is 10.3. The van der Waals surface area contributed by atoms with Gasteiger partial charge >= 0.3 is 11.9 Å². The van der Waals surface area contributed by atoms with E-state index in [0.29, 0.717) is 132 Å². The van der Waals surface area contributed by atoms with Crippen molar-refractivity contribution in [3.05, 3.63) is 209 Å². The molecule has 466 valence electrons. The topological polar surface area (TPSA) is 238 Å². The van der Waals surface area contributed by atoms with E-state index in [4.69, 9.17) is 38.4 Å². The van der Waals surface area contributed by atoms with Gasteiger partial charge in [0.05, 0.1) is 98.0 Å². The first-order valence-electron chi connectivity index (χ1n) is 28.6. The van der Waals surface area contributed by atoms with E-state index in [1.807, 2.05) is 86.9 Å². The van der Waals surface area contributed by atoms with Crippen LogP contribution >= 0.6 is 0 Å². The molecule has 0 saturated carbocycles. The average molecular weight is 1220 g/mol. The minimum atomic E-state index is -0.587. The van der Waals surface area contributed by atoms with Crippen LogP contribution in [0, 0.1) is 0 Å². The van der Waals surface area contributed by atoms with Crippen LogP contribution in [0.3, 0.4) is 0 Å². The second-order valence-corrected chi connectivity index (χ2v) is 20.8. The largest absolute Gasteiger partial charge is 0.492 e. The van der Waals surface area contributed by atoms with Crippen LogP contribution in [0.15, 0.2) is 187 Å². The molecule has 0 spiro atoms. The Bertz CT molecular complexity index is 3640. The van der Waals surface area contributed by atoms with Crippen LogP contribution in [-0.4, -0.2) is 150 Å². The van der Waals surface area contributed by atoms with E-state index in [1.165, 1.54) is 20.4 Å². The number of esters is 2. The van der Waals surface area contributed by atoms with Crippen molar-refractivity contribution in [2.45, 2.75) is 20.3 Å². The zero-order valence-electron chi connectivity index (χ0n) is 49.4. The summed E-state index contributed by atoms with van der Waals surface area (Å²) in [5.74, 6) is 3.89. The number of aromatic nitrogens is 1. The molecule has 6 aromatic carbocycles. The Morgan fingerprint density at radius 2 is 0.878 bits per heavy atom. The Balaban J connectivity index is 0.000000159. The molecule has 4 amide bonds. The lowest BCUT2D eigenvalue weighted by Crippen LogP contribution is -2.38. The van der Waals surface area contributed by atoms with Gasteiger partial charge in [0.25, 0.3) is 23.6 Å². The number of fused-ring (bicyclic) bond motifs is 4. The molecule has 0 bridgehead atoms. The monoisotopic (exact) mass is 1220 g/mol. The van der Waals surface area contributed by atoms with E-state index in [-0.39, 0.29) is 38.4 Å². The van der Waals surface area contributed by atoms with Gasteiger partial charge in [-0.3, -0.25) is 39.2 Å². The number of hydroxylamine groups is 1. The third-order valence-electron chi connectivity index (χ3n) is 14.9. The number of anilines is 3. The summed E-state index contributed by atoms with van der Waals surface area (Å²) in [7, 11) is 6.71. The highest BCUT2D eigenvalue weighted by Gasteiger charge is 2.35. The number of carbonyl (C=O) groups excluding carboxylic acids is 6. The Morgan fingerprint density at radius 3 is 1.28 bits per heavy atom. The van der Waals surface area contributed by atoms with Crippen LogP contribution in [0.4, 0.5) is 17.1 Å². The number of amides is 4. The molecule has 0 unspecified atom stereocenters. The Kier molecular flexibility index (Phi) is 21.2. The molecule has 22 heteroatoms. The predicted octanol–water partition coefficient (Wildman–Crippen LogP) is 9.40. The van der Waals surface area contributed by atoms with Crippen molar-refractivity contribution in [1.82, 2.24) is 20.3 Å². The Hall–Kier alpha value is -10.6. The lowest BCUT2D eigenvalue weighted by molar-refractivity contribution is -0.116. The summed E-state index contributed by atoms with van der Waals surface area (Å²) < 4.78 is 44.9. The second-order valence-electron chi connectivity index (χ2n) is 20.8. The van der Waals surface area contributed by atoms with Gasteiger partial charge in [0, 0.05) is 24.8 Å². The molecular weight excluding hydrogens is 1150 g/mol. The SMILES string of the molecule is C.CN1CCC2=C(C1)Oc1ccccc1N(CCOc1ccc(C(=O)NO)cc1)C2=O.COC(=O)c1ccc(OCCN2C(=O)C3=C(CN(C)CC3)Oc3ccccc32)cc1.COC(=O)c1ccc(OCCN2C(=O)c3ccncc3Oc3ccccc32)cc1. The number of ether oxygens (including phenoxy) is 8. The summed E-state index contributed by atoms with van der Waals surface area (Å²) in [6.07, 6.45) is 4.40. The smallest absolute Gasteiger partial charge is 0.337 e.